The van der Waals surface area contributed by atoms with Crippen molar-refractivity contribution in [1.82, 2.24) is 10.2 Å². The molecule has 0 spiro atoms. The van der Waals surface area contributed by atoms with Crippen LogP contribution in [0.15, 0.2) is 42.5 Å². The Kier molecular flexibility index (Phi) is 5.09. The molecule has 1 N–H and O–H groups in total. The number of hydrogen-bond donors (Lipinski definition) is 1. The molecule has 3 rings (SSSR count). The lowest BCUT2D eigenvalue weighted by molar-refractivity contribution is 0.241. The zero-order valence-corrected chi connectivity index (χ0v) is 14.0. The number of aryl methyl sites for hydroxylation is 2. The van der Waals surface area contributed by atoms with Crippen molar-refractivity contribution in [3.63, 3.8) is 0 Å². The molecule has 0 bridgehead atoms. The van der Waals surface area contributed by atoms with E-state index in [2.05, 4.69) is 42.3 Å². The Labute approximate surface area is 138 Å². The minimum atomic E-state index is -0.176. The minimum absolute atomic E-state index is 0.176. The van der Waals surface area contributed by atoms with Crippen LogP contribution >= 0.6 is 0 Å². The summed E-state index contributed by atoms with van der Waals surface area (Å²) in [6.45, 7) is 8.42. The highest BCUT2D eigenvalue weighted by atomic mass is 19.1. The van der Waals surface area contributed by atoms with Crippen LogP contribution in [0.25, 0.3) is 0 Å². The molecule has 122 valence electrons. The smallest absolute Gasteiger partial charge is 0.123 e. The van der Waals surface area contributed by atoms with Crippen molar-refractivity contribution >= 4 is 0 Å². The molecule has 23 heavy (non-hydrogen) atoms. The van der Waals surface area contributed by atoms with E-state index < -0.39 is 0 Å². The van der Waals surface area contributed by atoms with Gasteiger partial charge in [0.2, 0.25) is 0 Å². The summed E-state index contributed by atoms with van der Waals surface area (Å²) in [4.78, 5) is 2.52. The van der Waals surface area contributed by atoms with E-state index in [1.54, 1.807) is 12.1 Å². The molecule has 0 amide bonds. The zero-order valence-electron chi connectivity index (χ0n) is 14.0. The second-order valence-electron chi connectivity index (χ2n) is 6.51. The molecule has 2 nitrogen and oxygen atoms in total. The van der Waals surface area contributed by atoms with E-state index in [1.165, 1.54) is 22.3 Å². The van der Waals surface area contributed by atoms with Crippen LogP contribution in [0, 0.1) is 19.7 Å². The second kappa shape index (κ2) is 7.24. The van der Waals surface area contributed by atoms with Gasteiger partial charge in [-0.1, -0.05) is 41.5 Å². The fourth-order valence-corrected chi connectivity index (χ4v) is 3.55. The van der Waals surface area contributed by atoms with E-state index in [0.717, 1.165) is 32.6 Å². The summed E-state index contributed by atoms with van der Waals surface area (Å²) in [7, 11) is 0. The molecule has 0 radical (unpaired) electrons. The maximum absolute atomic E-state index is 13.4. The topological polar surface area (TPSA) is 15.3 Å². The van der Waals surface area contributed by atoms with Crippen molar-refractivity contribution in [1.29, 1.82) is 0 Å². The summed E-state index contributed by atoms with van der Waals surface area (Å²) in [5.74, 6) is -0.176. The number of rotatable bonds is 3. The number of halogens is 1. The van der Waals surface area contributed by atoms with Gasteiger partial charge in [0, 0.05) is 19.6 Å². The van der Waals surface area contributed by atoms with Crippen molar-refractivity contribution in [3.8, 4) is 0 Å². The van der Waals surface area contributed by atoms with Gasteiger partial charge in [0.15, 0.2) is 0 Å². The molecule has 2 aromatic rings. The molecule has 1 aliphatic rings. The Morgan fingerprint density at radius 3 is 2.30 bits per heavy atom. The zero-order chi connectivity index (χ0) is 16.2. The predicted molar refractivity (Wildman–Crippen MR) is 93.2 cm³/mol. The van der Waals surface area contributed by atoms with Gasteiger partial charge in [-0.2, -0.15) is 0 Å². The van der Waals surface area contributed by atoms with Gasteiger partial charge in [0.25, 0.3) is 0 Å². The van der Waals surface area contributed by atoms with Crippen molar-refractivity contribution in [2.24, 2.45) is 0 Å². The lowest BCUT2D eigenvalue weighted by atomic mass is 9.94. The number of hydrogen-bond acceptors (Lipinski definition) is 2. The van der Waals surface area contributed by atoms with E-state index in [1.807, 2.05) is 12.1 Å². The third kappa shape index (κ3) is 3.98. The van der Waals surface area contributed by atoms with E-state index >= 15 is 0 Å². The summed E-state index contributed by atoms with van der Waals surface area (Å²) < 4.78 is 13.4. The highest BCUT2D eigenvalue weighted by Gasteiger charge is 2.23. The summed E-state index contributed by atoms with van der Waals surface area (Å²) in [6, 6.07) is 13.9. The van der Waals surface area contributed by atoms with Gasteiger partial charge >= 0.3 is 0 Å². The molecule has 1 fully saturated rings. The standard InChI is InChI=1S/C20H25FN2/c1-15-12-16(2)14-18(13-15)20(17-4-6-19(21)7-5-17)23-10-3-8-22-9-11-23/h4-7,12-14,20,22H,3,8-11H2,1-2H3. The first-order chi connectivity index (χ1) is 11.1. The first-order valence-corrected chi connectivity index (χ1v) is 8.42. The Balaban J connectivity index is 2.02. The monoisotopic (exact) mass is 312 g/mol. The molecule has 1 heterocycles. The Bertz CT molecular complexity index is 623. The summed E-state index contributed by atoms with van der Waals surface area (Å²) in [6.07, 6.45) is 1.14. The average molecular weight is 312 g/mol. The van der Waals surface area contributed by atoms with Crippen LogP contribution in [-0.4, -0.2) is 31.1 Å². The quantitative estimate of drug-likeness (QED) is 0.926. The van der Waals surface area contributed by atoms with E-state index in [4.69, 9.17) is 0 Å². The van der Waals surface area contributed by atoms with Crippen LogP contribution in [0.1, 0.15) is 34.7 Å². The molecule has 0 aromatic heterocycles. The molecule has 3 heteroatoms. The highest BCUT2D eigenvalue weighted by Crippen LogP contribution is 2.30. The third-order valence-corrected chi connectivity index (χ3v) is 4.49. The fourth-order valence-electron chi connectivity index (χ4n) is 3.55. The molecule has 1 saturated heterocycles. The lowest BCUT2D eigenvalue weighted by Crippen LogP contribution is -2.33. The molecular weight excluding hydrogens is 287 g/mol. The van der Waals surface area contributed by atoms with Gasteiger partial charge in [-0.25, -0.2) is 4.39 Å². The first-order valence-electron chi connectivity index (χ1n) is 8.42. The molecule has 0 saturated carbocycles. The van der Waals surface area contributed by atoms with Gasteiger partial charge in [-0.3, -0.25) is 4.90 Å². The fraction of sp³-hybridized carbons (Fsp3) is 0.400. The lowest BCUT2D eigenvalue weighted by Gasteiger charge is -2.32. The van der Waals surface area contributed by atoms with Crippen molar-refractivity contribution < 1.29 is 4.39 Å². The van der Waals surface area contributed by atoms with Crippen molar-refractivity contribution in [2.75, 3.05) is 26.2 Å². The van der Waals surface area contributed by atoms with Crippen LogP contribution in [-0.2, 0) is 0 Å². The number of nitrogens with one attached hydrogen (secondary N) is 1. The van der Waals surface area contributed by atoms with Gasteiger partial charge in [0.05, 0.1) is 6.04 Å². The van der Waals surface area contributed by atoms with E-state index in [0.29, 0.717) is 0 Å². The second-order valence-corrected chi connectivity index (χ2v) is 6.51. The highest BCUT2D eigenvalue weighted by molar-refractivity contribution is 5.37. The molecule has 0 aliphatic carbocycles. The minimum Gasteiger partial charge on any atom is -0.315 e. The third-order valence-electron chi connectivity index (χ3n) is 4.49. The van der Waals surface area contributed by atoms with Gasteiger partial charge < -0.3 is 5.32 Å². The number of benzene rings is 2. The van der Waals surface area contributed by atoms with Crippen molar-refractivity contribution in [2.45, 2.75) is 26.3 Å². The van der Waals surface area contributed by atoms with E-state index in [9.17, 15) is 4.39 Å². The Hall–Kier alpha value is -1.71. The maximum atomic E-state index is 13.4. The SMILES string of the molecule is Cc1cc(C)cc(C(c2ccc(F)cc2)N2CCCNCC2)c1. The summed E-state index contributed by atoms with van der Waals surface area (Å²) in [5, 5.41) is 3.47. The largest absolute Gasteiger partial charge is 0.315 e. The Morgan fingerprint density at radius 2 is 1.61 bits per heavy atom. The van der Waals surface area contributed by atoms with Crippen LogP contribution in [0.2, 0.25) is 0 Å². The maximum Gasteiger partial charge on any atom is 0.123 e. The van der Waals surface area contributed by atoms with Crippen LogP contribution in [0.3, 0.4) is 0 Å². The van der Waals surface area contributed by atoms with Crippen LogP contribution in [0.5, 0.6) is 0 Å². The molecular formula is C20H25FN2. The van der Waals surface area contributed by atoms with Gasteiger partial charge in [0.1, 0.15) is 5.82 Å². The van der Waals surface area contributed by atoms with Crippen LogP contribution < -0.4 is 5.32 Å². The molecule has 1 unspecified atom stereocenters. The van der Waals surface area contributed by atoms with Gasteiger partial charge in [-0.15, -0.1) is 0 Å². The average Bonchev–Trinajstić information content (AvgIpc) is 2.78. The van der Waals surface area contributed by atoms with Crippen LogP contribution in [0.4, 0.5) is 4.39 Å². The van der Waals surface area contributed by atoms with Gasteiger partial charge in [-0.05, 0) is 50.1 Å². The van der Waals surface area contributed by atoms with Crippen molar-refractivity contribution in [3.05, 3.63) is 70.5 Å². The molecule has 1 aliphatic heterocycles. The number of nitrogens with zero attached hydrogens (tertiary/aromatic N) is 1. The normalized spacial score (nSPS) is 17.7. The predicted octanol–water partition coefficient (Wildman–Crippen LogP) is 3.83. The Morgan fingerprint density at radius 1 is 0.913 bits per heavy atom. The summed E-state index contributed by atoms with van der Waals surface area (Å²) in [5.41, 5.74) is 5.02. The first kappa shape index (κ1) is 16.2. The molecule has 1 atom stereocenters. The summed E-state index contributed by atoms with van der Waals surface area (Å²) >= 11 is 0. The van der Waals surface area contributed by atoms with E-state index in [-0.39, 0.29) is 11.9 Å². The molecule has 2 aromatic carbocycles.